The molecule has 0 aromatic heterocycles. The molecule has 162 valence electrons. The summed E-state index contributed by atoms with van der Waals surface area (Å²) in [7, 11) is 0. The molecule has 0 bridgehead atoms. The van der Waals surface area contributed by atoms with E-state index < -0.39 is 6.04 Å². The van der Waals surface area contributed by atoms with Gasteiger partial charge in [-0.2, -0.15) is 0 Å². The molecule has 2 aromatic rings. The number of carbonyl (C=O) groups excluding carboxylic acids is 2. The summed E-state index contributed by atoms with van der Waals surface area (Å²) in [5, 5.41) is 3.01. The Morgan fingerprint density at radius 3 is 2.33 bits per heavy atom. The van der Waals surface area contributed by atoms with E-state index in [2.05, 4.69) is 31.3 Å². The second kappa shape index (κ2) is 12.4. The van der Waals surface area contributed by atoms with E-state index in [1.807, 2.05) is 56.3 Å². The molecule has 2 aromatic carbocycles. The van der Waals surface area contributed by atoms with Crippen molar-refractivity contribution in [3.63, 3.8) is 0 Å². The van der Waals surface area contributed by atoms with Gasteiger partial charge in [0.15, 0.2) is 0 Å². The van der Waals surface area contributed by atoms with Gasteiger partial charge in [0, 0.05) is 18.8 Å². The smallest absolute Gasteiger partial charge is 0.242 e. The lowest BCUT2D eigenvalue weighted by Gasteiger charge is -2.31. The van der Waals surface area contributed by atoms with E-state index >= 15 is 0 Å². The van der Waals surface area contributed by atoms with E-state index in [9.17, 15) is 9.59 Å². The minimum atomic E-state index is -0.465. The SMILES string of the molecule is CC[C@@H](C(=O)NCC(C)C)N(Cc1ccccc1C)C(=O)CSCc1ccccc1. The van der Waals surface area contributed by atoms with Crippen LogP contribution in [-0.2, 0) is 21.9 Å². The zero-order chi connectivity index (χ0) is 21.9. The fourth-order valence-electron chi connectivity index (χ4n) is 3.23. The zero-order valence-electron chi connectivity index (χ0n) is 18.6. The Morgan fingerprint density at radius 1 is 1.03 bits per heavy atom. The third-order valence-corrected chi connectivity index (χ3v) is 6.00. The van der Waals surface area contributed by atoms with Crippen molar-refractivity contribution in [3.05, 3.63) is 71.3 Å². The summed E-state index contributed by atoms with van der Waals surface area (Å²) >= 11 is 1.59. The van der Waals surface area contributed by atoms with E-state index in [0.717, 1.165) is 16.9 Å². The van der Waals surface area contributed by atoms with Gasteiger partial charge in [-0.3, -0.25) is 9.59 Å². The summed E-state index contributed by atoms with van der Waals surface area (Å²) in [5.41, 5.74) is 3.40. The maximum absolute atomic E-state index is 13.2. The zero-order valence-corrected chi connectivity index (χ0v) is 19.4. The van der Waals surface area contributed by atoms with Gasteiger partial charge >= 0.3 is 0 Å². The normalized spacial score (nSPS) is 11.9. The van der Waals surface area contributed by atoms with Crippen LogP contribution in [0.1, 0.15) is 43.9 Å². The molecule has 0 aliphatic rings. The molecule has 0 saturated carbocycles. The largest absolute Gasteiger partial charge is 0.354 e. The van der Waals surface area contributed by atoms with Gasteiger partial charge in [0.05, 0.1) is 5.75 Å². The van der Waals surface area contributed by atoms with Crippen molar-refractivity contribution in [1.82, 2.24) is 10.2 Å². The first-order chi connectivity index (χ1) is 14.4. The van der Waals surface area contributed by atoms with Crippen molar-refractivity contribution in [2.45, 2.75) is 52.5 Å². The highest BCUT2D eigenvalue weighted by Crippen LogP contribution is 2.18. The second-order valence-electron chi connectivity index (χ2n) is 7.99. The van der Waals surface area contributed by atoms with E-state index in [1.165, 1.54) is 5.56 Å². The lowest BCUT2D eigenvalue weighted by molar-refractivity contribution is -0.139. The number of thioether (sulfide) groups is 1. The Kier molecular flexibility index (Phi) is 9.95. The number of hydrogen-bond donors (Lipinski definition) is 1. The lowest BCUT2D eigenvalue weighted by Crippen LogP contribution is -2.50. The predicted molar refractivity (Wildman–Crippen MR) is 126 cm³/mol. The number of rotatable bonds is 11. The first-order valence-electron chi connectivity index (χ1n) is 10.7. The van der Waals surface area contributed by atoms with Crippen LogP contribution >= 0.6 is 11.8 Å². The monoisotopic (exact) mass is 426 g/mol. The fraction of sp³-hybridized carbons (Fsp3) is 0.440. The van der Waals surface area contributed by atoms with E-state index in [0.29, 0.717) is 31.2 Å². The number of benzene rings is 2. The Morgan fingerprint density at radius 2 is 1.70 bits per heavy atom. The molecule has 0 fully saturated rings. The quantitative estimate of drug-likeness (QED) is 0.561. The van der Waals surface area contributed by atoms with Crippen LogP contribution in [0.15, 0.2) is 54.6 Å². The molecule has 1 atom stereocenters. The number of hydrogen-bond acceptors (Lipinski definition) is 3. The van der Waals surface area contributed by atoms with Crippen LogP contribution in [0.3, 0.4) is 0 Å². The van der Waals surface area contributed by atoms with Crippen LogP contribution in [0.25, 0.3) is 0 Å². The third kappa shape index (κ3) is 7.52. The van der Waals surface area contributed by atoms with Gasteiger partial charge in [0.25, 0.3) is 0 Å². The maximum atomic E-state index is 13.2. The average Bonchev–Trinajstić information content (AvgIpc) is 2.74. The summed E-state index contributed by atoms with van der Waals surface area (Å²) in [6.45, 7) is 9.21. The van der Waals surface area contributed by atoms with Gasteiger partial charge in [-0.1, -0.05) is 75.4 Å². The van der Waals surface area contributed by atoms with Crippen molar-refractivity contribution in [2.75, 3.05) is 12.3 Å². The summed E-state index contributed by atoms with van der Waals surface area (Å²) in [4.78, 5) is 27.9. The topological polar surface area (TPSA) is 49.4 Å². The summed E-state index contributed by atoms with van der Waals surface area (Å²) in [6.07, 6.45) is 0.588. The Bertz CT molecular complexity index is 808. The van der Waals surface area contributed by atoms with Gasteiger partial charge in [-0.05, 0) is 36.0 Å². The van der Waals surface area contributed by atoms with Crippen molar-refractivity contribution < 1.29 is 9.59 Å². The van der Waals surface area contributed by atoms with Gasteiger partial charge in [0.2, 0.25) is 11.8 Å². The first kappa shape index (κ1) is 24.0. The molecule has 0 unspecified atom stereocenters. The standard InChI is InChI=1S/C25H34N2O2S/c1-5-23(25(29)26-15-19(2)3)27(16-22-14-10-9-11-20(22)4)24(28)18-30-17-21-12-7-6-8-13-21/h6-14,19,23H,5,15-18H2,1-4H3,(H,26,29)/t23-/m0/s1. The molecular weight excluding hydrogens is 392 g/mol. The molecular formula is C25H34N2O2S. The summed E-state index contributed by atoms with van der Waals surface area (Å²) < 4.78 is 0. The number of nitrogens with zero attached hydrogens (tertiary/aromatic N) is 1. The van der Waals surface area contributed by atoms with Crippen LogP contribution in [0.4, 0.5) is 0 Å². The van der Waals surface area contributed by atoms with Gasteiger partial charge < -0.3 is 10.2 Å². The molecule has 0 aliphatic carbocycles. The molecule has 5 heteroatoms. The van der Waals surface area contributed by atoms with Crippen LogP contribution in [0, 0.1) is 12.8 Å². The summed E-state index contributed by atoms with van der Waals surface area (Å²) in [5.74, 6) is 1.44. The second-order valence-corrected chi connectivity index (χ2v) is 8.98. The Balaban J connectivity index is 2.13. The third-order valence-electron chi connectivity index (χ3n) is 5.01. The van der Waals surface area contributed by atoms with Crippen molar-refractivity contribution >= 4 is 23.6 Å². The summed E-state index contributed by atoms with van der Waals surface area (Å²) in [6, 6.07) is 17.7. The van der Waals surface area contributed by atoms with Crippen LogP contribution in [0.5, 0.6) is 0 Å². The molecule has 4 nitrogen and oxygen atoms in total. The number of aryl methyl sites for hydroxylation is 1. The minimum Gasteiger partial charge on any atom is -0.354 e. The lowest BCUT2D eigenvalue weighted by atomic mass is 10.1. The molecule has 2 amide bonds. The molecule has 1 N–H and O–H groups in total. The molecule has 0 radical (unpaired) electrons. The number of carbonyl (C=O) groups is 2. The first-order valence-corrected chi connectivity index (χ1v) is 11.8. The van der Waals surface area contributed by atoms with E-state index in [4.69, 9.17) is 0 Å². The van der Waals surface area contributed by atoms with Crippen molar-refractivity contribution in [3.8, 4) is 0 Å². The van der Waals surface area contributed by atoms with Crippen molar-refractivity contribution in [2.24, 2.45) is 5.92 Å². The highest BCUT2D eigenvalue weighted by atomic mass is 32.2. The molecule has 2 rings (SSSR count). The van der Waals surface area contributed by atoms with Crippen LogP contribution in [0.2, 0.25) is 0 Å². The Hall–Kier alpha value is -2.27. The molecule has 0 aliphatic heterocycles. The predicted octanol–water partition coefficient (Wildman–Crippen LogP) is 4.81. The van der Waals surface area contributed by atoms with E-state index in [1.54, 1.807) is 16.7 Å². The molecule has 30 heavy (non-hydrogen) atoms. The minimum absolute atomic E-state index is 0.00531. The van der Waals surface area contributed by atoms with Gasteiger partial charge in [-0.15, -0.1) is 11.8 Å². The Labute approximate surface area is 185 Å². The number of amides is 2. The van der Waals surface area contributed by atoms with Gasteiger partial charge in [-0.25, -0.2) is 0 Å². The average molecular weight is 427 g/mol. The highest BCUT2D eigenvalue weighted by Gasteiger charge is 2.28. The fourth-order valence-corrected chi connectivity index (χ4v) is 4.10. The van der Waals surface area contributed by atoms with Crippen molar-refractivity contribution in [1.29, 1.82) is 0 Å². The molecule has 0 spiro atoms. The molecule has 0 heterocycles. The molecule has 0 saturated heterocycles. The van der Waals surface area contributed by atoms with E-state index in [-0.39, 0.29) is 11.8 Å². The van der Waals surface area contributed by atoms with Gasteiger partial charge in [0.1, 0.15) is 6.04 Å². The maximum Gasteiger partial charge on any atom is 0.242 e. The van der Waals surface area contributed by atoms with Crippen LogP contribution in [-0.4, -0.2) is 35.1 Å². The highest BCUT2D eigenvalue weighted by molar-refractivity contribution is 7.99. The van der Waals surface area contributed by atoms with Crippen LogP contribution < -0.4 is 5.32 Å². The number of nitrogens with one attached hydrogen (secondary N) is 1.